The molecule has 3 heteroatoms. The van der Waals surface area contributed by atoms with Gasteiger partial charge in [0.05, 0.1) is 0 Å². The lowest BCUT2D eigenvalue weighted by molar-refractivity contribution is 0.127. The van der Waals surface area contributed by atoms with Gasteiger partial charge in [0.15, 0.2) is 0 Å². The molecule has 3 nitrogen and oxygen atoms in total. The minimum atomic E-state index is -0.274. The number of hydrogen-bond donors (Lipinski definition) is 1. The molecule has 1 heterocycles. The molecule has 1 aromatic heterocycles. The molecule has 2 rings (SSSR count). The molecule has 0 spiro atoms. The molecule has 0 atom stereocenters. The zero-order chi connectivity index (χ0) is 11.8. The fourth-order valence-corrected chi connectivity index (χ4v) is 1.55. The monoisotopic (exact) mass is 216 g/mol. The SMILES string of the molecule is CC(C)(C)Oc1nc(N)cc2ccccc12. The molecule has 2 N–H and O–H groups in total. The summed E-state index contributed by atoms with van der Waals surface area (Å²) in [5.74, 6) is 1.08. The van der Waals surface area contributed by atoms with Crippen molar-refractivity contribution in [3.63, 3.8) is 0 Å². The molecule has 2 aromatic rings. The minimum absolute atomic E-state index is 0.274. The minimum Gasteiger partial charge on any atom is -0.471 e. The molecule has 16 heavy (non-hydrogen) atoms. The molecule has 0 unspecified atom stereocenters. The van der Waals surface area contributed by atoms with Crippen LogP contribution in [0.3, 0.4) is 0 Å². The van der Waals surface area contributed by atoms with E-state index in [9.17, 15) is 0 Å². The summed E-state index contributed by atoms with van der Waals surface area (Å²) in [6.07, 6.45) is 0. The third-order valence-corrected chi connectivity index (χ3v) is 2.13. The molecular formula is C13H16N2O. The molecule has 0 aliphatic carbocycles. The highest BCUT2D eigenvalue weighted by atomic mass is 16.5. The Bertz CT molecular complexity index is 515. The highest BCUT2D eigenvalue weighted by Crippen LogP contribution is 2.27. The maximum absolute atomic E-state index is 5.80. The van der Waals surface area contributed by atoms with Gasteiger partial charge < -0.3 is 10.5 Å². The van der Waals surface area contributed by atoms with Crippen LogP contribution in [-0.2, 0) is 0 Å². The Morgan fingerprint density at radius 2 is 1.88 bits per heavy atom. The molecule has 0 amide bonds. The van der Waals surface area contributed by atoms with Crippen LogP contribution in [0.5, 0.6) is 5.88 Å². The van der Waals surface area contributed by atoms with Gasteiger partial charge in [-0.25, -0.2) is 0 Å². The van der Waals surface area contributed by atoms with Gasteiger partial charge >= 0.3 is 0 Å². The summed E-state index contributed by atoms with van der Waals surface area (Å²) in [5.41, 5.74) is 5.48. The Morgan fingerprint density at radius 1 is 1.19 bits per heavy atom. The molecule has 0 fully saturated rings. The number of pyridine rings is 1. The average molecular weight is 216 g/mol. The van der Waals surface area contributed by atoms with Crippen molar-refractivity contribution in [2.75, 3.05) is 5.73 Å². The zero-order valence-corrected chi connectivity index (χ0v) is 9.82. The van der Waals surface area contributed by atoms with Gasteiger partial charge in [0.25, 0.3) is 0 Å². The summed E-state index contributed by atoms with van der Waals surface area (Å²) < 4.78 is 5.80. The molecule has 0 saturated heterocycles. The van der Waals surface area contributed by atoms with Crippen molar-refractivity contribution in [3.05, 3.63) is 30.3 Å². The van der Waals surface area contributed by atoms with Crippen LogP contribution in [0.4, 0.5) is 5.82 Å². The summed E-state index contributed by atoms with van der Waals surface area (Å²) in [5, 5.41) is 2.04. The summed E-state index contributed by atoms with van der Waals surface area (Å²) in [6.45, 7) is 5.98. The quantitative estimate of drug-likeness (QED) is 0.797. The Hall–Kier alpha value is -1.77. The molecule has 0 aliphatic rings. The van der Waals surface area contributed by atoms with E-state index in [1.54, 1.807) is 0 Å². The Balaban J connectivity index is 2.59. The van der Waals surface area contributed by atoms with Crippen LogP contribution in [0, 0.1) is 0 Å². The second kappa shape index (κ2) is 3.67. The predicted molar refractivity (Wildman–Crippen MR) is 66.5 cm³/mol. The fraction of sp³-hybridized carbons (Fsp3) is 0.308. The van der Waals surface area contributed by atoms with Gasteiger partial charge in [0.1, 0.15) is 11.4 Å². The maximum atomic E-state index is 5.80. The standard InChI is InChI=1S/C13H16N2O/c1-13(2,3)16-12-10-7-5-4-6-9(10)8-11(14)15-12/h4-8H,1-3H3,(H2,14,15). The maximum Gasteiger partial charge on any atom is 0.223 e. The van der Waals surface area contributed by atoms with Gasteiger partial charge in [-0.3, -0.25) is 0 Å². The Labute approximate surface area is 95.2 Å². The lowest BCUT2D eigenvalue weighted by atomic mass is 10.1. The van der Waals surface area contributed by atoms with E-state index in [0.717, 1.165) is 10.8 Å². The number of ether oxygens (including phenoxy) is 1. The third kappa shape index (κ3) is 2.24. The van der Waals surface area contributed by atoms with E-state index in [-0.39, 0.29) is 5.60 Å². The molecule has 0 saturated carbocycles. The van der Waals surface area contributed by atoms with Crippen LogP contribution in [0.25, 0.3) is 10.8 Å². The van der Waals surface area contributed by atoms with E-state index in [1.807, 2.05) is 51.1 Å². The first-order valence-electron chi connectivity index (χ1n) is 5.30. The van der Waals surface area contributed by atoms with E-state index >= 15 is 0 Å². The lowest BCUT2D eigenvalue weighted by Crippen LogP contribution is -2.23. The average Bonchev–Trinajstić information content (AvgIpc) is 2.14. The van der Waals surface area contributed by atoms with E-state index in [0.29, 0.717) is 11.7 Å². The Kier molecular flexibility index (Phi) is 2.46. The van der Waals surface area contributed by atoms with Crippen LogP contribution in [0.1, 0.15) is 20.8 Å². The van der Waals surface area contributed by atoms with Gasteiger partial charge in [-0.05, 0) is 38.3 Å². The van der Waals surface area contributed by atoms with Gasteiger partial charge in [0.2, 0.25) is 5.88 Å². The molecule has 0 bridgehead atoms. The van der Waals surface area contributed by atoms with E-state index in [4.69, 9.17) is 10.5 Å². The normalized spacial score (nSPS) is 11.7. The van der Waals surface area contributed by atoms with Crippen LogP contribution >= 0.6 is 0 Å². The molecule has 84 valence electrons. The highest BCUT2D eigenvalue weighted by molar-refractivity contribution is 5.88. The number of nitrogens with two attached hydrogens (primary N) is 1. The molecule has 0 aliphatic heterocycles. The lowest BCUT2D eigenvalue weighted by Gasteiger charge is -2.21. The molecule has 1 aromatic carbocycles. The number of nitrogens with zero attached hydrogens (tertiary/aromatic N) is 1. The predicted octanol–water partition coefficient (Wildman–Crippen LogP) is 2.99. The first-order chi connectivity index (χ1) is 7.46. The second-order valence-electron chi connectivity index (χ2n) is 4.79. The summed E-state index contributed by atoms with van der Waals surface area (Å²) in [7, 11) is 0. The third-order valence-electron chi connectivity index (χ3n) is 2.13. The van der Waals surface area contributed by atoms with Crippen molar-refractivity contribution in [2.24, 2.45) is 0 Å². The number of aromatic nitrogens is 1. The van der Waals surface area contributed by atoms with E-state index < -0.39 is 0 Å². The fourth-order valence-electron chi connectivity index (χ4n) is 1.55. The van der Waals surface area contributed by atoms with Crippen molar-refractivity contribution in [2.45, 2.75) is 26.4 Å². The van der Waals surface area contributed by atoms with Gasteiger partial charge in [-0.2, -0.15) is 4.98 Å². The first kappa shape index (κ1) is 10.7. The summed E-state index contributed by atoms with van der Waals surface area (Å²) in [6, 6.07) is 9.79. The van der Waals surface area contributed by atoms with Gasteiger partial charge in [0, 0.05) is 5.39 Å². The smallest absolute Gasteiger partial charge is 0.223 e. The number of nitrogen functional groups attached to an aromatic ring is 1. The van der Waals surface area contributed by atoms with Crippen molar-refractivity contribution in [3.8, 4) is 5.88 Å². The van der Waals surface area contributed by atoms with E-state index in [2.05, 4.69) is 4.98 Å². The number of benzene rings is 1. The van der Waals surface area contributed by atoms with Crippen molar-refractivity contribution in [1.29, 1.82) is 0 Å². The topological polar surface area (TPSA) is 48.1 Å². The second-order valence-corrected chi connectivity index (χ2v) is 4.79. The number of fused-ring (bicyclic) bond motifs is 1. The van der Waals surface area contributed by atoms with Gasteiger partial charge in [-0.15, -0.1) is 0 Å². The van der Waals surface area contributed by atoms with Crippen LogP contribution in [0.15, 0.2) is 30.3 Å². The number of hydrogen-bond acceptors (Lipinski definition) is 3. The van der Waals surface area contributed by atoms with Crippen molar-refractivity contribution < 1.29 is 4.74 Å². The van der Waals surface area contributed by atoms with Crippen LogP contribution in [0.2, 0.25) is 0 Å². The first-order valence-corrected chi connectivity index (χ1v) is 5.30. The van der Waals surface area contributed by atoms with E-state index in [1.165, 1.54) is 0 Å². The van der Waals surface area contributed by atoms with Gasteiger partial charge in [-0.1, -0.05) is 18.2 Å². The summed E-state index contributed by atoms with van der Waals surface area (Å²) in [4.78, 5) is 4.24. The van der Waals surface area contributed by atoms with Crippen molar-refractivity contribution in [1.82, 2.24) is 4.98 Å². The Morgan fingerprint density at radius 3 is 2.56 bits per heavy atom. The summed E-state index contributed by atoms with van der Waals surface area (Å²) >= 11 is 0. The zero-order valence-electron chi connectivity index (χ0n) is 9.82. The van der Waals surface area contributed by atoms with Crippen molar-refractivity contribution >= 4 is 16.6 Å². The molecule has 0 radical (unpaired) electrons. The van der Waals surface area contributed by atoms with Crippen LogP contribution < -0.4 is 10.5 Å². The van der Waals surface area contributed by atoms with Crippen LogP contribution in [-0.4, -0.2) is 10.6 Å². The number of anilines is 1. The number of rotatable bonds is 1. The molecular weight excluding hydrogens is 200 g/mol. The highest BCUT2D eigenvalue weighted by Gasteiger charge is 2.15. The largest absolute Gasteiger partial charge is 0.471 e.